The first-order valence-corrected chi connectivity index (χ1v) is 5.60. The predicted octanol–water partition coefficient (Wildman–Crippen LogP) is 3.20. The molecule has 0 heterocycles. The highest BCUT2D eigenvalue weighted by Gasteiger charge is 2.10. The summed E-state index contributed by atoms with van der Waals surface area (Å²) < 4.78 is 4.88. The molecule has 4 heteroatoms. The Balaban J connectivity index is 2.92. The summed E-state index contributed by atoms with van der Waals surface area (Å²) in [5, 5.41) is 9.38. The van der Waals surface area contributed by atoms with Crippen LogP contribution in [0.15, 0.2) is 29.8 Å². The largest absolute Gasteiger partial charge is 0.462 e. The van der Waals surface area contributed by atoms with Gasteiger partial charge in [-0.1, -0.05) is 36.7 Å². The third-order valence-electron chi connectivity index (χ3n) is 1.98. The molecule has 1 aromatic carbocycles. The maximum absolute atomic E-state index is 11.5. The summed E-state index contributed by atoms with van der Waals surface area (Å²) in [6.45, 7) is 2.19. The van der Waals surface area contributed by atoms with Gasteiger partial charge in [0.1, 0.15) is 11.6 Å². The van der Waals surface area contributed by atoms with Gasteiger partial charge in [0.05, 0.1) is 6.61 Å². The topological polar surface area (TPSA) is 50.1 Å². The molecule has 0 aromatic heterocycles. The Morgan fingerprint density at radius 3 is 2.82 bits per heavy atom. The zero-order chi connectivity index (χ0) is 12.7. The molecule has 0 atom stereocenters. The van der Waals surface area contributed by atoms with Crippen molar-refractivity contribution in [2.45, 2.75) is 13.3 Å². The minimum absolute atomic E-state index is 0.0495. The fourth-order valence-electron chi connectivity index (χ4n) is 1.16. The van der Waals surface area contributed by atoms with Crippen molar-refractivity contribution in [3.8, 4) is 6.07 Å². The van der Waals surface area contributed by atoms with Gasteiger partial charge in [-0.05, 0) is 24.1 Å². The average molecular weight is 250 g/mol. The van der Waals surface area contributed by atoms with Crippen LogP contribution in [0.2, 0.25) is 5.02 Å². The summed E-state index contributed by atoms with van der Waals surface area (Å²) in [6, 6.07) is 8.80. The highest BCUT2D eigenvalue weighted by molar-refractivity contribution is 6.32. The monoisotopic (exact) mass is 249 g/mol. The molecule has 0 N–H and O–H groups in total. The summed E-state index contributed by atoms with van der Waals surface area (Å²) in [6.07, 6.45) is 2.15. The molecule has 0 aliphatic rings. The number of hydrogen-bond acceptors (Lipinski definition) is 3. The zero-order valence-corrected chi connectivity index (χ0v) is 10.2. The summed E-state index contributed by atoms with van der Waals surface area (Å²) >= 11 is 5.93. The number of ether oxygens (including phenoxy) is 1. The predicted molar refractivity (Wildman–Crippen MR) is 66.3 cm³/mol. The molecule has 0 aliphatic heterocycles. The molecule has 0 aliphatic carbocycles. The third kappa shape index (κ3) is 3.93. The number of rotatable bonds is 4. The van der Waals surface area contributed by atoms with Crippen molar-refractivity contribution in [3.05, 3.63) is 40.4 Å². The average Bonchev–Trinajstić information content (AvgIpc) is 2.35. The molecule has 1 aromatic rings. The Morgan fingerprint density at radius 2 is 2.24 bits per heavy atom. The van der Waals surface area contributed by atoms with Crippen LogP contribution in [0, 0.1) is 11.3 Å². The molecule has 0 amide bonds. The molecule has 1 rings (SSSR count). The first-order valence-electron chi connectivity index (χ1n) is 5.22. The van der Waals surface area contributed by atoms with Crippen LogP contribution in [0.3, 0.4) is 0 Å². The van der Waals surface area contributed by atoms with Gasteiger partial charge in [-0.25, -0.2) is 4.79 Å². The molecule has 0 unspecified atom stereocenters. The smallest absolute Gasteiger partial charge is 0.348 e. The van der Waals surface area contributed by atoms with Gasteiger partial charge in [0, 0.05) is 5.02 Å². The van der Waals surface area contributed by atoms with Crippen molar-refractivity contribution in [3.63, 3.8) is 0 Å². The maximum Gasteiger partial charge on any atom is 0.348 e. The number of halogens is 1. The zero-order valence-electron chi connectivity index (χ0n) is 9.44. The molecule has 0 radical (unpaired) electrons. The lowest BCUT2D eigenvalue weighted by Gasteiger charge is -2.02. The Labute approximate surface area is 105 Å². The molecule has 3 nitrogen and oxygen atoms in total. The molecule has 0 fully saturated rings. The van der Waals surface area contributed by atoms with Crippen LogP contribution in [-0.2, 0) is 9.53 Å². The van der Waals surface area contributed by atoms with Crippen LogP contribution >= 0.6 is 11.6 Å². The Hall–Kier alpha value is -1.79. The van der Waals surface area contributed by atoms with Gasteiger partial charge in [-0.2, -0.15) is 5.26 Å². The SMILES string of the molecule is CCCOC(=O)C(C#N)=Cc1ccccc1Cl. The summed E-state index contributed by atoms with van der Waals surface area (Å²) in [5.74, 6) is -0.616. The van der Waals surface area contributed by atoms with Crippen LogP contribution in [-0.4, -0.2) is 12.6 Å². The number of hydrogen-bond donors (Lipinski definition) is 0. The summed E-state index contributed by atoms with van der Waals surface area (Å²) in [5.41, 5.74) is 0.575. The minimum Gasteiger partial charge on any atom is -0.462 e. The van der Waals surface area contributed by atoms with E-state index in [2.05, 4.69) is 0 Å². The normalized spacial score (nSPS) is 10.8. The molecule has 0 bridgehead atoms. The van der Waals surface area contributed by atoms with E-state index in [0.29, 0.717) is 17.2 Å². The molecule has 88 valence electrons. The highest BCUT2D eigenvalue weighted by atomic mass is 35.5. The molecular weight excluding hydrogens is 238 g/mol. The van der Waals surface area contributed by atoms with E-state index in [1.165, 1.54) is 6.08 Å². The standard InChI is InChI=1S/C13H12ClNO2/c1-2-7-17-13(16)11(9-15)8-10-5-3-4-6-12(10)14/h3-6,8H,2,7H2,1H3. The van der Waals surface area contributed by atoms with Gasteiger partial charge < -0.3 is 4.74 Å². The summed E-state index contributed by atoms with van der Waals surface area (Å²) in [4.78, 5) is 11.5. The van der Waals surface area contributed by atoms with Gasteiger partial charge in [0.15, 0.2) is 0 Å². The highest BCUT2D eigenvalue weighted by Crippen LogP contribution is 2.18. The van der Waals surface area contributed by atoms with E-state index in [4.69, 9.17) is 21.6 Å². The van der Waals surface area contributed by atoms with Crippen LogP contribution < -0.4 is 0 Å². The van der Waals surface area contributed by atoms with Crippen LogP contribution in [0.25, 0.3) is 6.08 Å². The van der Waals surface area contributed by atoms with E-state index in [0.717, 1.165) is 6.42 Å². The van der Waals surface area contributed by atoms with Crippen LogP contribution in [0.4, 0.5) is 0 Å². The van der Waals surface area contributed by atoms with E-state index < -0.39 is 5.97 Å². The van der Waals surface area contributed by atoms with E-state index in [-0.39, 0.29) is 5.57 Å². The Kier molecular flexibility index (Phi) is 5.25. The number of carbonyl (C=O) groups excluding carboxylic acids is 1. The number of nitriles is 1. The molecule has 17 heavy (non-hydrogen) atoms. The van der Waals surface area contributed by atoms with Gasteiger partial charge >= 0.3 is 5.97 Å². The second-order valence-corrected chi connectivity index (χ2v) is 3.73. The van der Waals surface area contributed by atoms with Crippen molar-refractivity contribution in [1.29, 1.82) is 5.26 Å². The van der Waals surface area contributed by atoms with E-state index in [9.17, 15) is 4.79 Å². The quantitative estimate of drug-likeness (QED) is 0.468. The fraction of sp³-hybridized carbons (Fsp3) is 0.231. The van der Waals surface area contributed by atoms with E-state index in [1.807, 2.05) is 13.0 Å². The van der Waals surface area contributed by atoms with Gasteiger partial charge in [0.2, 0.25) is 0 Å². The van der Waals surface area contributed by atoms with Crippen molar-refractivity contribution in [2.75, 3.05) is 6.61 Å². The fourth-order valence-corrected chi connectivity index (χ4v) is 1.35. The van der Waals surface area contributed by atoms with Crippen LogP contribution in [0.5, 0.6) is 0 Å². The summed E-state index contributed by atoms with van der Waals surface area (Å²) in [7, 11) is 0. The maximum atomic E-state index is 11.5. The van der Waals surface area contributed by atoms with Crippen molar-refractivity contribution < 1.29 is 9.53 Å². The Bertz CT molecular complexity index is 475. The van der Waals surface area contributed by atoms with Gasteiger partial charge in [0.25, 0.3) is 0 Å². The minimum atomic E-state index is -0.616. The molecule has 0 saturated carbocycles. The number of esters is 1. The van der Waals surface area contributed by atoms with Crippen molar-refractivity contribution in [2.24, 2.45) is 0 Å². The lowest BCUT2D eigenvalue weighted by Crippen LogP contribution is -2.07. The van der Waals surface area contributed by atoms with Crippen molar-refractivity contribution in [1.82, 2.24) is 0 Å². The first kappa shape index (κ1) is 13.3. The van der Waals surface area contributed by atoms with Crippen molar-refractivity contribution >= 4 is 23.6 Å². The second kappa shape index (κ2) is 6.72. The first-order chi connectivity index (χ1) is 8.19. The third-order valence-corrected chi connectivity index (χ3v) is 2.33. The molecule has 0 spiro atoms. The van der Waals surface area contributed by atoms with E-state index in [1.54, 1.807) is 24.3 Å². The second-order valence-electron chi connectivity index (χ2n) is 3.33. The molecule has 0 saturated heterocycles. The lowest BCUT2D eigenvalue weighted by atomic mass is 10.1. The van der Waals surface area contributed by atoms with Gasteiger partial charge in [-0.3, -0.25) is 0 Å². The molecular formula is C13H12ClNO2. The number of carbonyl (C=O) groups is 1. The lowest BCUT2D eigenvalue weighted by molar-refractivity contribution is -0.138. The number of nitrogens with zero attached hydrogens (tertiary/aromatic N) is 1. The van der Waals surface area contributed by atoms with E-state index >= 15 is 0 Å². The van der Waals surface area contributed by atoms with Gasteiger partial charge in [-0.15, -0.1) is 0 Å². The Morgan fingerprint density at radius 1 is 1.53 bits per heavy atom. The van der Waals surface area contributed by atoms with Crippen LogP contribution in [0.1, 0.15) is 18.9 Å². The number of benzene rings is 1.